The Morgan fingerprint density at radius 2 is 1.83 bits per heavy atom. The molecule has 14 heteroatoms. The molecule has 2 saturated heterocycles. The number of nitrogen functional groups attached to an aromatic ring is 1. The third-order valence-corrected chi connectivity index (χ3v) is 9.39. The third kappa shape index (κ3) is 4.17. The van der Waals surface area contributed by atoms with Crippen LogP contribution in [0.5, 0.6) is 5.75 Å². The lowest BCUT2D eigenvalue weighted by atomic mass is 9.87. The summed E-state index contributed by atoms with van der Waals surface area (Å²) in [4.78, 5) is 27.1. The van der Waals surface area contributed by atoms with Gasteiger partial charge in [-0.15, -0.1) is 10.2 Å². The van der Waals surface area contributed by atoms with Gasteiger partial charge in [0, 0.05) is 47.1 Å². The summed E-state index contributed by atoms with van der Waals surface area (Å²) in [6.07, 6.45) is 8.28. The van der Waals surface area contributed by atoms with Crippen molar-refractivity contribution in [1.29, 1.82) is 0 Å². The molecule has 2 fully saturated rings. The molecule has 2 bridgehead atoms. The highest BCUT2D eigenvalue weighted by atomic mass is 32.2. The van der Waals surface area contributed by atoms with Crippen LogP contribution < -0.4 is 5.73 Å². The van der Waals surface area contributed by atoms with E-state index in [0.29, 0.717) is 41.0 Å². The number of anilines is 1. The molecule has 5 aromatic rings. The maximum Gasteiger partial charge on any atom is 0.292 e. The predicted octanol–water partition coefficient (Wildman–Crippen LogP) is 2.82. The summed E-state index contributed by atoms with van der Waals surface area (Å²) in [5, 5.41) is 22.8. The number of carbonyl (C=O) groups excluding carboxylic acids is 1. The predicted molar refractivity (Wildman–Crippen MR) is 152 cm³/mol. The number of benzene rings is 1. The van der Waals surface area contributed by atoms with Gasteiger partial charge in [0.15, 0.2) is 15.5 Å². The second-order valence-electron chi connectivity index (χ2n) is 10.8. The second kappa shape index (κ2) is 9.62. The van der Waals surface area contributed by atoms with Crippen LogP contribution >= 0.6 is 0 Å². The van der Waals surface area contributed by atoms with E-state index < -0.39 is 9.84 Å². The average Bonchev–Trinajstić information content (AvgIpc) is 3.71. The number of fused-ring (bicyclic) bond motifs is 3. The zero-order valence-corrected chi connectivity index (χ0v) is 23.4. The van der Waals surface area contributed by atoms with Crippen molar-refractivity contribution in [3.63, 3.8) is 0 Å². The SMILES string of the molecule is CS(=O)(=O)c1c(C2CC3CCC(C2)N3C(=O)c2nnc[nH]2)nc2c(-c3cnc(-c4ccccc4)c(O)c3)cnn2c1N. The summed E-state index contributed by atoms with van der Waals surface area (Å²) in [5.41, 5.74) is 9.52. The van der Waals surface area contributed by atoms with E-state index in [2.05, 4.69) is 25.3 Å². The van der Waals surface area contributed by atoms with Crippen molar-refractivity contribution in [2.24, 2.45) is 0 Å². The standard InChI is InChI=1S/C28H27N9O4S/c1-42(40,41)24-23(16-9-18-7-8-19(10-16)36(18)28(39)26-31-14-32-35-26)34-27-20(13-33-37(27)25(24)29)17-11-21(38)22(30-12-17)15-5-3-2-4-6-15/h2-6,11-14,16,18-19,38H,7-10,29H2,1H3,(H,31,32,35). The van der Waals surface area contributed by atoms with Crippen molar-refractivity contribution in [3.8, 4) is 28.1 Å². The van der Waals surface area contributed by atoms with E-state index in [1.54, 1.807) is 12.3 Å². The van der Waals surface area contributed by atoms with Gasteiger partial charge in [-0.1, -0.05) is 30.3 Å². The molecule has 7 rings (SSSR count). The molecule has 4 aromatic heterocycles. The molecule has 2 unspecified atom stereocenters. The average molecular weight is 586 g/mol. The van der Waals surface area contributed by atoms with Gasteiger partial charge in [0.05, 0.1) is 11.9 Å². The Morgan fingerprint density at radius 1 is 1.10 bits per heavy atom. The van der Waals surface area contributed by atoms with E-state index in [1.165, 1.54) is 17.0 Å². The summed E-state index contributed by atoms with van der Waals surface area (Å²) < 4.78 is 27.5. The van der Waals surface area contributed by atoms with Crippen LogP contribution in [0.2, 0.25) is 0 Å². The van der Waals surface area contributed by atoms with Crippen molar-refractivity contribution < 1.29 is 18.3 Å². The molecule has 0 aliphatic carbocycles. The molecule has 0 spiro atoms. The van der Waals surface area contributed by atoms with Crippen LogP contribution in [0, 0.1) is 0 Å². The largest absolute Gasteiger partial charge is 0.506 e. The van der Waals surface area contributed by atoms with E-state index in [0.717, 1.165) is 24.7 Å². The van der Waals surface area contributed by atoms with Gasteiger partial charge in [0.25, 0.3) is 5.91 Å². The van der Waals surface area contributed by atoms with Crippen molar-refractivity contribution in [1.82, 2.24) is 39.7 Å². The minimum absolute atomic E-state index is 0.0145. The number of amides is 1. The molecule has 13 nitrogen and oxygen atoms in total. The van der Waals surface area contributed by atoms with Crippen LogP contribution in [-0.4, -0.2) is 77.4 Å². The number of piperidine rings is 1. The number of nitrogens with zero attached hydrogens (tertiary/aromatic N) is 7. The highest BCUT2D eigenvalue weighted by Crippen LogP contribution is 2.46. The first-order valence-electron chi connectivity index (χ1n) is 13.5. The van der Waals surface area contributed by atoms with E-state index in [-0.39, 0.29) is 46.2 Å². The molecule has 2 aliphatic rings. The Balaban J connectivity index is 1.30. The fraction of sp³-hybridized carbons (Fsp3) is 0.286. The summed E-state index contributed by atoms with van der Waals surface area (Å²) in [7, 11) is -3.79. The number of hydrogen-bond donors (Lipinski definition) is 3. The number of aromatic amines is 1. The molecular weight excluding hydrogens is 558 g/mol. The summed E-state index contributed by atoms with van der Waals surface area (Å²) in [6.45, 7) is 0. The Labute approximate surface area is 240 Å². The number of sulfone groups is 1. The van der Waals surface area contributed by atoms with Crippen LogP contribution in [0.15, 0.2) is 60.0 Å². The molecule has 6 heterocycles. The minimum atomic E-state index is -3.79. The van der Waals surface area contributed by atoms with Crippen molar-refractivity contribution in [2.75, 3.05) is 12.0 Å². The first-order valence-corrected chi connectivity index (χ1v) is 15.4. The monoisotopic (exact) mass is 585 g/mol. The Bertz CT molecular complexity index is 1930. The molecule has 2 atom stereocenters. The van der Waals surface area contributed by atoms with Gasteiger partial charge in [-0.05, 0) is 31.7 Å². The summed E-state index contributed by atoms with van der Waals surface area (Å²) in [5.74, 6) is -0.333. The number of pyridine rings is 1. The number of aromatic hydroxyl groups is 1. The first kappa shape index (κ1) is 26.1. The number of hydrogen-bond acceptors (Lipinski definition) is 10. The third-order valence-electron chi connectivity index (χ3n) is 8.23. The first-order chi connectivity index (χ1) is 20.2. The molecule has 0 saturated carbocycles. The van der Waals surface area contributed by atoms with Gasteiger partial charge in [-0.2, -0.15) is 9.61 Å². The van der Waals surface area contributed by atoms with Crippen molar-refractivity contribution in [3.05, 3.63) is 66.6 Å². The summed E-state index contributed by atoms with van der Waals surface area (Å²) in [6, 6.07) is 10.7. The lowest BCUT2D eigenvalue weighted by molar-refractivity contribution is 0.0556. The van der Waals surface area contributed by atoms with E-state index in [4.69, 9.17) is 10.7 Å². The maximum atomic E-state index is 13.2. The molecular formula is C28H27N9O4S. The van der Waals surface area contributed by atoms with Gasteiger partial charge in [-0.3, -0.25) is 9.78 Å². The van der Waals surface area contributed by atoms with Crippen LogP contribution in [0.1, 0.15) is 47.9 Å². The molecule has 4 N–H and O–H groups in total. The number of aromatic nitrogens is 7. The number of carbonyl (C=O) groups is 1. The topological polar surface area (TPSA) is 185 Å². The number of H-pyrrole nitrogens is 1. The van der Waals surface area contributed by atoms with Crippen LogP contribution in [0.3, 0.4) is 0 Å². The zero-order chi connectivity index (χ0) is 29.2. The Morgan fingerprint density at radius 3 is 2.48 bits per heavy atom. The zero-order valence-electron chi connectivity index (χ0n) is 22.5. The van der Waals surface area contributed by atoms with Crippen molar-refractivity contribution in [2.45, 2.75) is 48.6 Å². The summed E-state index contributed by atoms with van der Waals surface area (Å²) >= 11 is 0. The fourth-order valence-electron chi connectivity index (χ4n) is 6.46. The van der Waals surface area contributed by atoms with E-state index in [1.807, 2.05) is 35.2 Å². The van der Waals surface area contributed by atoms with Gasteiger partial charge >= 0.3 is 0 Å². The molecule has 42 heavy (non-hydrogen) atoms. The van der Waals surface area contributed by atoms with Gasteiger partial charge in [0.1, 0.15) is 28.5 Å². The van der Waals surface area contributed by atoms with Gasteiger partial charge in [0.2, 0.25) is 5.82 Å². The normalized spacial score (nSPS) is 20.3. The second-order valence-corrected chi connectivity index (χ2v) is 12.8. The van der Waals surface area contributed by atoms with Gasteiger partial charge < -0.3 is 20.7 Å². The highest BCUT2D eigenvalue weighted by molar-refractivity contribution is 7.91. The smallest absolute Gasteiger partial charge is 0.292 e. The highest BCUT2D eigenvalue weighted by Gasteiger charge is 2.46. The molecule has 214 valence electrons. The quantitative estimate of drug-likeness (QED) is 0.277. The molecule has 0 radical (unpaired) electrons. The Kier molecular flexibility index (Phi) is 5.97. The lowest BCUT2D eigenvalue weighted by Crippen LogP contribution is -2.46. The van der Waals surface area contributed by atoms with Crippen LogP contribution in [0.4, 0.5) is 5.82 Å². The maximum absolute atomic E-state index is 13.2. The Hall–Kier alpha value is -4.85. The van der Waals surface area contributed by atoms with Crippen LogP contribution in [0.25, 0.3) is 28.0 Å². The molecule has 2 aliphatic heterocycles. The van der Waals surface area contributed by atoms with Gasteiger partial charge in [-0.25, -0.2) is 13.4 Å². The van der Waals surface area contributed by atoms with Crippen molar-refractivity contribution >= 4 is 27.2 Å². The number of nitrogens with two attached hydrogens (primary N) is 1. The van der Waals surface area contributed by atoms with E-state index >= 15 is 0 Å². The lowest BCUT2D eigenvalue weighted by Gasteiger charge is -2.38. The van der Waals surface area contributed by atoms with E-state index in [9.17, 15) is 18.3 Å². The molecule has 1 amide bonds. The number of nitrogens with one attached hydrogen (secondary N) is 1. The van der Waals surface area contributed by atoms with Crippen LogP contribution in [-0.2, 0) is 9.84 Å². The minimum Gasteiger partial charge on any atom is -0.506 e. The number of rotatable bonds is 5. The fourth-order valence-corrected chi connectivity index (χ4v) is 7.52. The molecule has 1 aromatic carbocycles.